The molecular weight excluding hydrogens is 310 g/mol. The maximum atomic E-state index is 5.14. The first kappa shape index (κ1) is 15.0. The molecule has 3 N–H and O–H groups in total. The molecule has 0 aromatic carbocycles. The molecule has 7 nitrogen and oxygen atoms in total. The molecule has 0 fully saturated rings. The third kappa shape index (κ3) is 3.86. The Labute approximate surface area is 138 Å². The summed E-state index contributed by atoms with van der Waals surface area (Å²) in [7, 11) is 0. The summed E-state index contributed by atoms with van der Waals surface area (Å²) in [5, 5.41) is 9.69. The number of hydrogen-bond donors (Lipinski definition) is 3. The van der Waals surface area contributed by atoms with E-state index in [9.17, 15) is 0 Å². The minimum Gasteiger partial charge on any atom is -0.363 e. The lowest BCUT2D eigenvalue weighted by Crippen LogP contribution is -2.28. The monoisotopic (exact) mass is 325 g/mol. The van der Waals surface area contributed by atoms with Crippen LogP contribution in [0.1, 0.15) is 6.92 Å². The molecule has 0 aliphatic carbocycles. The topological polar surface area (TPSA) is 87.7 Å². The Kier molecular flexibility index (Phi) is 4.53. The Morgan fingerprint density at radius 1 is 1.09 bits per heavy atom. The van der Waals surface area contributed by atoms with Crippen molar-refractivity contribution in [2.24, 2.45) is 0 Å². The first-order chi connectivity index (χ1) is 11.2. The highest BCUT2D eigenvalue weighted by Crippen LogP contribution is 2.17. The number of nitrogens with zero attached hydrogens (tertiary/aromatic N) is 4. The number of thiocarbonyl (C=S) groups is 1. The SMILES string of the molecule is CCNC(=S)Nc1cnc2ccc(Nc3ccncc3)nc2n1. The number of nitrogens with one attached hydrogen (secondary N) is 3. The van der Waals surface area contributed by atoms with Gasteiger partial charge in [0.15, 0.2) is 16.6 Å². The Morgan fingerprint density at radius 2 is 1.87 bits per heavy atom. The Morgan fingerprint density at radius 3 is 2.65 bits per heavy atom. The minimum atomic E-state index is 0.507. The Hall–Kier alpha value is -2.87. The molecule has 0 radical (unpaired) electrons. The van der Waals surface area contributed by atoms with Gasteiger partial charge in [-0.3, -0.25) is 4.98 Å². The molecular formula is C15H15N7S. The third-order valence-electron chi connectivity index (χ3n) is 2.94. The van der Waals surface area contributed by atoms with Gasteiger partial charge in [-0.2, -0.15) is 0 Å². The molecule has 3 rings (SSSR count). The van der Waals surface area contributed by atoms with Gasteiger partial charge in [0.1, 0.15) is 11.3 Å². The van der Waals surface area contributed by atoms with Crippen LogP contribution in [0.2, 0.25) is 0 Å². The molecule has 0 saturated carbocycles. The maximum Gasteiger partial charge on any atom is 0.182 e. The van der Waals surface area contributed by atoms with Crippen LogP contribution in [-0.2, 0) is 0 Å². The van der Waals surface area contributed by atoms with Gasteiger partial charge in [0.05, 0.1) is 6.20 Å². The summed E-state index contributed by atoms with van der Waals surface area (Å²) in [5.41, 5.74) is 2.15. The van der Waals surface area contributed by atoms with Crippen LogP contribution in [0.3, 0.4) is 0 Å². The van der Waals surface area contributed by atoms with E-state index in [0.29, 0.717) is 27.9 Å². The van der Waals surface area contributed by atoms with Gasteiger partial charge in [0, 0.05) is 24.6 Å². The molecule has 8 heteroatoms. The van der Waals surface area contributed by atoms with E-state index in [4.69, 9.17) is 12.2 Å². The average Bonchev–Trinajstić information content (AvgIpc) is 2.56. The first-order valence-electron chi connectivity index (χ1n) is 7.10. The predicted molar refractivity (Wildman–Crippen MR) is 94.8 cm³/mol. The molecule has 3 aromatic heterocycles. The zero-order valence-corrected chi connectivity index (χ0v) is 13.3. The van der Waals surface area contributed by atoms with Crippen LogP contribution in [0, 0.1) is 0 Å². The molecule has 0 spiro atoms. The largest absolute Gasteiger partial charge is 0.363 e. The molecule has 0 saturated heterocycles. The molecule has 116 valence electrons. The van der Waals surface area contributed by atoms with Crippen molar-refractivity contribution < 1.29 is 0 Å². The number of anilines is 3. The van der Waals surface area contributed by atoms with Crippen LogP contribution in [0.5, 0.6) is 0 Å². The molecule has 3 heterocycles. The molecule has 0 aliphatic rings. The molecule has 3 aromatic rings. The Bertz CT molecular complexity index is 822. The highest BCUT2D eigenvalue weighted by Gasteiger charge is 2.04. The summed E-state index contributed by atoms with van der Waals surface area (Å²) >= 11 is 5.14. The van der Waals surface area contributed by atoms with Crippen LogP contribution in [0.15, 0.2) is 42.9 Å². The van der Waals surface area contributed by atoms with Crippen molar-refractivity contribution in [2.45, 2.75) is 6.92 Å². The van der Waals surface area contributed by atoms with E-state index < -0.39 is 0 Å². The second-order valence-corrected chi connectivity index (χ2v) is 5.05. The molecule has 0 atom stereocenters. The zero-order chi connectivity index (χ0) is 16.1. The van der Waals surface area contributed by atoms with Crippen LogP contribution in [0.25, 0.3) is 11.2 Å². The van der Waals surface area contributed by atoms with Gasteiger partial charge in [-0.1, -0.05) is 0 Å². The quantitative estimate of drug-likeness (QED) is 0.631. The number of rotatable bonds is 4. The number of aromatic nitrogens is 4. The summed E-state index contributed by atoms with van der Waals surface area (Å²) in [6, 6.07) is 7.45. The maximum absolute atomic E-state index is 5.14. The highest BCUT2D eigenvalue weighted by molar-refractivity contribution is 7.80. The van der Waals surface area contributed by atoms with Gasteiger partial charge in [-0.15, -0.1) is 0 Å². The van der Waals surface area contributed by atoms with E-state index in [-0.39, 0.29) is 0 Å². The van der Waals surface area contributed by atoms with Gasteiger partial charge in [0.2, 0.25) is 0 Å². The molecule has 0 aliphatic heterocycles. The minimum absolute atomic E-state index is 0.507. The molecule has 0 amide bonds. The Balaban J connectivity index is 1.84. The summed E-state index contributed by atoms with van der Waals surface area (Å²) in [4.78, 5) is 17.2. The van der Waals surface area contributed by atoms with Crippen molar-refractivity contribution in [3.8, 4) is 0 Å². The van der Waals surface area contributed by atoms with Crippen LogP contribution in [0.4, 0.5) is 17.3 Å². The van der Waals surface area contributed by atoms with Crippen molar-refractivity contribution in [1.29, 1.82) is 0 Å². The van der Waals surface area contributed by atoms with Crippen LogP contribution in [-0.4, -0.2) is 31.6 Å². The standard InChI is InChI=1S/C15H15N7S/c1-2-17-15(23)22-13-9-18-11-3-4-12(20-14(11)21-13)19-10-5-7-16-8-6-10/h3-9H,2H2,1H3,(H3,16,17,19,20,21,22,23). The summed E-state index contributed by atoms with van der Waals surface area (Å²) < 4.78 is 0. The second-order valence-electron chi connectivity index (χ2n) is 4.64. The molecule has 0 unspecified atom stereocenters. The zero-order valence-electron chi connectivity index (χ0n) is 12.4. The first-order valence-corrected chi connectivity index (χ1v) is 7.51. The lowest BCUT2D eigenvalue weighted by molar-refractivity contribution is 0.978. The lowest BCUT2D eigenvalue weighted by Gasteiger charge is -2.09. The second kappa shape index (κ2) is 6.93. The van der Waals surface area contributed by atoms with E-state index in [1.807, 2.05) is 31.2 Å². The van der Waals surface area contributed by atoms with Gasteiger partial charge in [-0.05, 0) is 43.4 Å². The number of hydrogen-bond acceptors (Lipinski definition) is 6. The highest BCUT2D eigenvalue weighted by atomic mass is 32.1. The number of fused-ring (bicyclic) bond motifs is 1. The third-order valence-corrected chi connectivity index (χ3v) is 3.18. The van der Waals surface area contributed by atoms with E-state index in [0.717, 1.165) is 12.2 Å². The smallest absolute Gasteiger partial charge is 0.182 e. The fraction of sp³-hybridized carbons (Fsp3) is 0.133. The van der Waals surface area contributed by atoms with Crippen molar-refractivity contribution in [3.63, 3.8) is 0 Å². The summed E-state index contributed by atoms with van der Waals surface area (Å²) in [5.74, 6) is 1.24. The van der Waals surface area contributed by atoms with Gasteiger partial charge >= 0.3 is 0 Å². The van der Waals surface area contributed by atoms with Gasteiger partial charge < -0.3 is 16.0 Å². The average molecular weight is 325 g/mol. The van der Waals surface area contributed by atoms with Crippen LogP contribution < -0.4 is 16.0 Å². The van der Waals surface area contributed by atoms with Gasteiger partial charge in [-0.25, -0.2) is 15.0 Å². The van der Waals surface area contributed by atoms with Crippen molar-refractivity contribution in [3.05, 3.63) is 42.9 Å². The van der Waals surface area contributed by atoms with E-state index in [1.165, 1.54) is 0 Å². The van der Waals surface area contributed by atoms with Gasteiger partial charge in [0.25, 0.3) is 0 Å². The normalized spacial score (nSPS) is 10.3. The summed E-state index contributed by atoms with van der Waals surface area (Å²) in [6.45, 7) is 2.71. The van der Waals surface area contributed by atoms with Crippen molar-refractivity contribution in [2.75, 3.05) is 17.2 Å². The van der Waals surface area contributed by atoms with Crippen molar-refractivity contribution in [1.82, 2.24) is 25.3 Å². The van der Waals surface area contributed by atoms with Crippen molar-refractivity contribution >= 4 is 45.8 Å². The van der Waals surface area contributed by atoms with E-state index >= 15 is 0 Å². The predicted octanol–water partition coefficient (Wildman–Crippen LogP) is 2.47. The lowest BCUT2D eigenvalue weighted by atomic mass is 10.3. The molecule has 0 bridgehead atoms. The fourth-order valence-electron chi connectivity index (χ4n) is 1.93. The molecule has 23 heavy (non-hydrogen) atoms. The van der Waals surface area contributed by atoms with E-state index in [1.54, 1.807) is 18.6 Å². The van der Waals surface area contributed by atoms with Crippen LogP contribution >= 0.6 is 12.2 Å². The fourth-order valence-corrected chi connectivity index (χ4v) is 2.18. The number of pyridine rings is 2. The van der Waals surface area contributed by atoms with E-state index in [2.05, 4.69) is 35.9 Å². The summed E-state index contributed by atoms with van der Waals surface area (Å²) in [6.07, 6.45) is 5.06.